The highest BCUT2D eigenvalue weighted by Gasteiger charge is 2.66. The Bertz CT molecular complexity index is 1210. The van der Waals surface area contributed by atoms with Crippen molar-refractivity contribution in [2.24, 2.45) is 7.05 Å². The number of aromatic nitrogens is 6. The van der Waals surface area contributed by atoms with E-state index < -0.39 is 28.9 Å². The minimum atomic E-state index is -1.83. The number of aliphatic carboxylic acids is 1. The Morgan fingerprint density at radius 3 is 2.79 bits per heavy atom. The van der Waals surface area contributed by atoms with Crippen LogP contribution in [-0.2, 0) is 37.4 Å². The van der Waals surface area contributed by atoms with E-state index in [2.05, 4.69) is 31.0 Å². The first-order valence-electron chi connectivity index (χ1n) is 8.90. The second kappa shape index (κ2) is 9.29. The number of carboxylic acids is 1. The quantitative estimate of drug-likeness (QED) is 0.130. The Kier molecular flexibility index (Phi) is 6.61. The lowest BCUT2D eigenvalue weighted by atomic mass is 9.98. The van der Waals surface area contributed by atoms with Gasteiger partial charge in [0.15, 0.2) is 9.87 Å². The van der Waals surface area contributed by atoms with E-state index in [1.54, 1.807) is 7.05 Å². The van der Waals surface area contributed by atoms with Gasteiger partial charge in [-0.15, -0.1) is 27.1 Å². The summed E-state index contributed by atoms with van der Waals surface area (Å²) < 4.78 is 18.3. The van der Waals surface area contributed by atoms with Crippen LogP contribution in [0.4, 0.5) is 0 Å². The fraction of sp³-hybridized carbons (Fsp3) is 0.400. The normalized spacial score (nSPS) is 21.9. The van der Waals surface area contributed by atoms with E-state index in [4.69, 9.17) is 4.74 Å². The minimum Gasteiger partial charge on any atom is -0.477 e. The molecule has 4 rings (SSSR count). The molecule has 33 heavy (non-hydrogen) atoms. The van der Waals surface area contributed by atoms with Crippen LogP contribution >= 0.6 is 34.9 Å². The molecule has 2 amide bonds. The molecule has 2 aliphatic rings. The predicted molar refractivity (Wildman–Crippen MR) is 117 cm³/mol. The number of methoxy groups -OCH3 is 1. The van der Waals surface area contributed by atoms with Gasteiger partial charge in [0.05, 0.1) is 0 Å². The summed E-state index contributed by atoms with van der Waals surface area (Å²) in [6.45, 7) is 0. The number of carbonyl (C=O) groups is 3. The summed E-state index contributed by atoms with van der Waals surface area (Å²) >= 11 is 3.37. The molecule has 1 fully saturated rings. The monoisotopic (exact) mass is 530 g/mol. The standard InChI is InChI=1S/C15H14N8O6S4/c1-22-14(19-20-21-22)31-4-6-3-30-13-15(29-2,12(27)23(13)7(6)11(25)26)17-9(24)8(33-28)10-18-16-5-32-10/h5,13H,3-4H2,1-2H3,(H,17,24)(H,25,26)/t13-,15+/m1/s1. The number of thioether (sulfide) groups is 2. The molecule has 0 spiro atoms. The van der Waals surface area contributed by atoms with Gasteiger partial charge in [-0.2, -0.15) is 0 Å². The molecular weight excluding hydrogens is 516 g/mol. The number of hydrogen-bond donors (Lipinski definition) is 2. The smallest absolute Gasteiger partial charge is 0.352 e. The molecule has 1 saturated heterocycles. The van der Waals surface area contributed by atoms with Crippen molar-refractivity contribution in [1.82, 2.24) is 40.6 Å². The number of nitrogens with one attached hydrogen (secondary N) is 1. The van der Waals surface area contributed by atoms with Crippen molar-refractivity contribution in [1.29, 1.82) is 0 Å². The summed E-state index contributed by atoms with van der Waals surface area (Å²) in [4.78, 5) is 38.8. The largest absolute Gasteiger partial charge is 0.477 e. The second-order valence-corrected chi connectivity index (χ2v) is 9.94. The third kappa shape index (κ3) is 3.97. The van der Waals surface area contributed by atoms with E-state index >= 15 is 0 Å². The number of amides is 2. The highest BCUT2D eigenvalue weighted by atomic mass is 32.2. The Morgan fingerprint density at radius 1 is 1.42 bits per heavy atom. The molecule has 14 nitrogen and oxygen atoms in total. The van der Waals surface area contributed by atoms with Gasteiger partial charge in [0, 0.05) is 25.7 Å². The van der Waals surface area contributed by atoms with Crippen LogP contribution in [0.2, 0.25) is 0 Å². The van der Waals surface area contributed by atoms with Crippen molar-refractivity contribution in [3.8, 4) is 0 Å². The van der Waals surface area contributed by atoms with E-state index in [1.807, 2.05) is 0 Å². The van der Waals surface area contributed by atoms with Crippen LogP contribution in [0.25, 0.3) is 0 Å². The fourth-order valence-electron chi connectivity index (χ4n) is 3.22. The van der Waals surface area contributed by atoms with Crippen LogP contribution in [-0.4, -0.2) is 97.0 Å². The Morgan fingerprint density at radius 2 is 2.21 bits per heavy atom. The van der Waals surface area contributed by atoms with Crippen molar-refractivity contribution in [2.45, 2.75) is 16.3 Å². The van der Waals surface area contributed by atoms with Crippen LogP contribution in [0.1, 0.15) is 5.01 Å². The topological polar surface area (TPSA) is 182 Å². The zero-order chi connectivity index (χ0) is 23.8. The lowest BCUT2D eigenvalue weighted by molar-refractivity contribution is -0.191. The second-order valence-electron chi connectivity index (χ2n) is 6.52. The third-order valence-corrected chi connectivity index (χ3v) is 8.59. The summed E-state index contributed by atoms with van der Waals surface area (Å²) in [7, 11) is 2.88. The van der Waals surface area contributed by atoms with Crippen molar-refractivity contribution < 1.29 is 28.4 Å². The highest BCUT2D eigenvalue weighted by molar-refractivity contribution is 8.01. The van der Waals surface area contributed by atoms with Gasteiger partial charge in [-0.05, 0) is 16.0 Å². The molecule has 0 saturated carbocycles. The van der Waals surface area contributed by atoms with E-state index in [9.17, 15) is 23.7 Å². The number of β-lactam (4-membered cyclic amide) rings is 1. The molecule has 2 aromatic heterocycles. The highest BCUT2D eigenvalue weighted by Crippen LogP contribution is 2.47. The lowest BCUT2D eigenvalue weighted by Gasteiger charge is -2.55. The number of carboxylic acid groups (broad SMARTS) is 1. The molecule has 2 aliphatic heterocycles. The Labute approximate surface area is 201 Å². The van der Waals surface area contributed by atoms with Gasteiger partial charge in [0.25, 0.3) is 17.5 Å². The summed E-state index contributed by atoms with van der Waals surface area (Å²) in [6.07, 6.45) is 0. The van der Waals surface area contributed by atoms with Gasteiger partial charge in [-0.3, -0.25) is 14.5 Å². The molecule has 174 valence electrons. The SMILES string of the molecule is CO[C@@]1(NC(=O)C(=S=O)c2nncs2)C(=O)N2C(C(=O)O)=C(CSc3nnnn3C)CS[C@@H]21. The number of aryl methyl sites for hydroxylation is 1. The Balaban J connectivity index is 1.58. The molecule has 0 aliphatic carbocycles. The lowest BCUT2D eigenvalue weighted by Crippen LogP contribution is -2.81. The van der Waals surface area contributed by atoms with Crippen LogP contribution < -0.4 is 5.32 Å². The van der Waals surface area contributed by atoms with E-state index in [-0.39, 0.29) is 38.3 Å². The van der Waals surface area contributed by atoms with Crippen LogP contribution in [0.3, 0.4) is 0 Å². The summed E-state index contributed by atoms with van der Waals surface area (Å²) in [5, 5.41) is 30.5. The van der Waals surface area contributed by atoms with Crippen LogP contribution in [0, 0.1) is 0 Å². The number of tetrazole rings is 1. The van der Waals surface area contributed by atoms with Crippen molar-refractivity contribution >= 4 is 68.8 Å². The van der Waals surface area contributed by atoms with Gasteiger partial charge >= 0.3 is 5.97 Å². The number of ether oxygens (including phenoxy) is 1. The average Bonchev–Trinajstić information content (AvgIpc) is 3.47. The van der Waals surface area contributed by atoms with Gasteiger partial charge in [0.2, 0.25) is 5.16 Å². The number of nitrogens with zero attached hydrogens (tertiary/aromatic N) is 7. The summed E-state index contributed by atoms with van der Waals surface area (Å²) in [5.74, 6) is -2.40. The first-order chi connectivity index (χ1) is 15.8. The molecule has 0 aromatic carbocycles. The number of hydrogen-bond acceptors (Lipinski definition) is 13. The number of fused-ring (bicyclic) bond motifs is 1. The molecule has 0 unspecified atom stereocenters. The molecule has 0 bridgehead atoms. The van der Waals surface area contributed by atoms with Crippen molar-refractivity contribution in [3.63, 3.8) is 0 Å². The first kappa shape index (κ1) is 23.5. The Hall–Kier alpha value is -2.67. The number of carbonyl (C=O) groups excluding carboxylic acids is 2. The van der Waals surface area contributed by atoms with Crippen LogP contribution in [0.15, 0.2) is 21.9 Å². The molecule has 18 heteroatoms. The maximum absolute atomic E-state index is 13.1. The minimum absolute atomic E-state index is 0.0847. The molecule has 2 aromatic rings. The van der Waals surface area contributed by atoms with Gasteiger partial charge < -0.3 is 15.2 Å². The molecule has 2 atom stereocenters. The maximum Gasteiger partial charge on any atom is 0.352 e. The molecule has 4 heterocycles. The molecule has 2 N–H and O–H groups in total. The summed E-state index contributed by atoms with van der Waals surface area (Å²) in [6, 6.07) is 0. The van der Waals surface area contributed by atoms with Crippen LogP contribution in [0.5, 0.6) is 0 Å². The van der Waals surface area contributed by atoms with Gasteiger partial charge in [0.1, 0.15) is 27.8 Å². The average molecular weight is 531 g/mol. The van der Waals surface area contributed by atoms with Crippen molar-refractivity contribution in [2.75, 3.05) is 18.6 Å². The zero-order valence-corrected chi connectivity index (χ0v) is 20.1. The zero-order valence-electron chi connectivity index (χ0n) is 16.8. The molecule has 0 radical (unpaired) electrons. The fourth-order valence-corrected chi connectivity index (χ4v) is 6.62. The van der Waals surface area contributed by atoms with E-state index in [1.165, 1.54) is 40.8 Å². The molecular formula is C15H14N8O6S4. The summed E-state index contributed by atoms with van der Waals surface area (Å²) in [5.41, 5.74) is -0.156. The van der Waals surface area contributed by atoms with Crippen molar-refractivity contribution in [3.05, 3.63) is 21.8 Å². The number of rotatable bonds is 8. The third-order valence-electron chi connectivity index (χ3n) is 4.73. The predicted octanol–water partition coefficient (Wildman–Crippen LogP) is -1.70. The van der Waals surface area contributed by atoms with Gasteiger partial charge in [-0.1, -0.05) is 23.1 Å². The van der Waals surface area contributed by atoms with Gasteiger partial charge in [-0.25, -0.2) is 13.7 Å². The first-order valence-corrected chi connectivity index (χ1v) is 12.6. The van der Waals surface area contributed by atoms with E-state index in [0.717, 1.165) is 16.2 Å². The maximum atomic E-state index is 13.1. The van der Waals surface area contributed by atoms with E-state index in [0.29, 0.717) is 10.7 Å².